The first-order valence-corrected chi connectivity index (χ1v) is 10.1. The van der Waals surface area contributed by atoms with Gasteiger partial charge in [-0.2, -0.15) is 0 Å². The molecule has 1 atom stereocenters. The van der Waals surface area contributed by atoms with Crippen molar-refractivity contribution >= 4 is 34.5 Å². The zero-order valence-corrected chi connectivity index (χ0v) is 16.5. The van der Waals surface area contributed by atoms with Crippen LogP contribution in [0.2, 0.25) is 0 Å². The number of ether oxygens (including phenoxy) is 1. The molecule has 1 N–H and O–H groups in total. The van der Waals surface area contributed by atoms with Crippen LogP contribution in [0.1, 0.15) is 17.4 Å². The summed E-state index contributed by atoms with van der Waals surface area (Å²) >= 11 is 1.53. The Morgan fingerprint density at radius 1 is 1.21 bits per heavy atom. The maximum absolute atomic E-state index is 13.2. The molecule has 0 saturated heterocycles. The second kappa shape index (κ2) is 8.05. The summed E-state index contributed by atoms with van der Waals surface area (Å²) in [6.07, 6.45) is -0.331. The number of nitrogens with zero attached hydrogens (tertiary/aromatic N) is 1. The number of amides is 2. The van der Waals surface area contributed by atoms with Crippen molar-refractivity contribution in [3.8, 4) is 5.75 Å². The van der Waals surface area contributed by atoms with E-state index in [0.717, 1.165) is 10.4 Å². The maximum Gasteiger partial charge on any atom is 0.268 e. The lowest BCUT2D eigenvalue weighted by Gasteiger charge is -2.33. The lowest BCUT2D eigenvalue weighted by molar-refractivity contribution is -0.125. The monoisotopic (exact) mass is 410 g/mol. The number of nitrogens with one attached hydrogen (secondary N) is 1. The Morgan fingerprint density at radius 2 is 2.00 bits per heavy atom. The van der Waals surface area contributed by atoms with Crippen molar-refractivity contribution in [3.05, 3.63) is 76.2 Å². The Bertz CT molecular complexity index is 1030. The minimum absolute atomic E-state index is 0.131. The molecule has 5 nitrogen and oxygen atoms in total. The van der Waals surface area contributed by atoms with Gasteiger partial charge >= 0.3 is 0 Å². The molecule has 2 heterocycles. The van der Waals surface area contributed by atoms with Crippen molar-refractivity contribution in [1.29, 1.82) is 0 Å². The fraction of sp³-hybridized carbons (Fsp3) is 0.182. The zero-order chi connectivity index (χ0) is 20.4. The Morgan fingerprint density at radius 3 is 2.72 bits per heavy atom. The first kappa shape index (κ1) is 19.1. The lowest BCUT2D eigenvalue weighted by Crippen LogP contribution is -2.44. The SMILES string of the molecule is CC1Oc2ccc(NC(=O)Cc3cccs3)cc2N(Cc2ccc(F)cc2)C1=O. The molecule has 0 bridgehead atoms. The molecule has 0 aliphatic carbocycles. The highest BCUT2D eigenvalue weighted by atomic mass is 32.1. The number of hydrogen-bond acceptors (Lipinski definition) is 4. The van der Waals surface area contributed by atoms with Crippen LogP contribution in [0.5, 0.6) is 5.75 Å². The molecule has 1 aromatic heterocycles. The van der Waals surface area contributed by atoms with E-state index in [4.69, 9.17) is 4.74 Å². The van der Waals surface area contributed by atoms with Crippen molar-refractivity contribution in [2.24, 2.45) is 0 Å². The molecule has 2 aromatic carbocycles. The molecule has 29 heavy (non-hydrogen) atoms. The number of carbonyl (C=O) groups excluding carboxylic acids is 2. The fourth-order valence-corrected chi connectivity index (χ4v) is 3.90. The number of carbonyl (C=O) groups is 2. The second-order valence-corrected chi connectivity index (χ2v) is 7.83. The summed E-state index contributed by atoms with van der Waals surface area (Å²) in [6.45, 7) is 1.98. The molecule has 148 valence electrons. The molecule has 0 spiro atoms. The van der Waals surface area contributed by atoms with Crippen molar-refractivity contribution in [2.45, 2.75) is 26.0 Å². The number of benzene rings is 2. The van der Waals surface area contributed by atoms with Gasteiger partial charge in [0.05, 0.1) is 18.7 Å². The van der Waals surface area contributed by atoms with Crippen LogP contribution in [0, 0.1) is 5.82 Å². The van der Waals surface area contributed by atoms with Gasteiger partial charge in [0.2, 0.25) is 5.91 Å². The highest BCUT2D eigenvalue weighted by Gasteiger charge is 2.31. The van der Waals surface area contributed by atoms with E-state index in [9.17, 15) is 14.0 Å². The van der Waals surface area contributed by atoms with E-state index in [0.29, 0.717) is 23.5 Å². The van der Waals surface area contributed by atoms with Gasteiger partial charge in [0.15, 0.2) is 6.10 Å². The molecular formula is C22H19FN2O3S. The summed E-state index contributed by atoms with van der Waals surface area (Å²) < 4.78 is 18.9. The van der Waals surface area contributed by atoms with Gasteiger partial charge in [0.25, 0.3) is 5.91 Å². The Labute approximate surface area is 171 Å². The average molecular weight is 410 g/mol. The third-order valence-corrected chi connectivity index (χ3v) is 5.50. The topological polar surface area (TPSA) is 58.6 Å². The van der Waals surface area contributed by atoms with E-state index in [-0.39, 0.29) is 24.2 Å². The van der Waals surface area contributed by atoms with Gasteiger partial charge in [-0.25, -0.2) is 4.39 Å². The largest absolute Gasteiger partial charge is 0.479 e. The fourth-order valence-electron chi connectivity index (χ4n) is 3.20. The molecule has 1 aliphatic rings. The molecule has 0 saturated carbocycles. The Balaban J connectivity index is 1.58. The summed E-state index contributed by atoms with van der Waals surface area (Å²) in [4.78, 5) is 27.6. The number of anilines is 2. The molecule has 3 aromatic rings. The molecule has 0 fully saturated rings. The van der Waals surface area contributed by atoms with Crippen molar-refractivity contribution < 1.29 is 18.7 Å². The Hall–Kier alpha value is -3.19. The van der Waals surface area contributed by atoms with E-state index in [2.05, 4.69) is 5.32 Å². The third-order valence-electron chi connectivity index (χ3n) is 4.62. The zero-order valence-electron chi connectivity index (χ0n) is 15.7. The van der Waals surface area contributed by atoms with Gasteiger partial charge in [0.1, 0.15) is 11.6 Å². The molecule has 7 heteroatoms. The van der Waals surface area contributed by atoms with Crippen LogP contribution in [0.3, 0.4) is 0 Å². The molecule has 1 unspecified atom stereocenters. The van der Waals surface area contributed by atoms with E-state index >= 15 is 0 Å². The summed E-state index contributed by atoms with van der Waals surface area (Å²) in [5, 5.41) is 4.80. The van der Waals surface area contributed by atoms with Crippen molar-refractivity contribution in [1.82, 2.24) is 0 Å². The first-order valence-electron chi connectivity index (χ1n) is 9.18. The summed E-state index contributed by atoms with van der Waals surface area (Å²) in [5.41, 5.74) is 1.96. The van der Waals surface area contributed by atoms with Crippen LogP contribution in [0.25, 0.3) is 0 Å². The second-order valence-electron chi connectivity index (χ2n) is 6.80. The quantitative estimate of drug-likeness (QED) is 0.679. The van der Waals surface area contributed by atoms with Crippen LogP contribution in [-0.2, 0) is 22.6 Å². The van der Waals surface area contributed by atoms with E-state index in [1.165, 1.54) is 23.5 Å². The number of fused-ring (bicyclic) bond motifs is 1. The predicted molar refractivity (Wildman–Crippen MR) is 111 cm³/mol. The Kier molecular flexibility index (Phi) is 5.31. The summed E-state index contributed by atoms with van der Waals surface area (Å²) in [6, 6.07) is 15.1. The maximum atomic E-state index is 13.2. The van der Waals surface area contributed by atoms with Crippen LogP contribution in [-0.4, -0.2) is 17.9 Å². The van der Waals surface area contributed by atoms with Crippen LogP contribution < -0.4 is 15.0 Å². The van der Waals surface area contributed by atoms with Gasteiger partial charge in [-0.15, -0.1) is 11.3 Å². The first-order chi connectivity index (χ1) is 14.0. The standard InChI is InChI=1S/C22H19FN2O3S/c1-14-22(27)25(13-15-4-6-16(23)7-5-15)19-11-17(8-9-20(19)28-14)24-21(26)12-18-3-2-10-29-18/h2-11,14H,12-13H2,1H3,(H,24,26). The van der Waals surface area contributed by atoms with Crippen LogP contribution >= 0.6 is 11.3 Å². The van der Waals surface area contributed by atoms with Crippen LogP contribution in [0.4, 0.5) is 15.8 Å². The summed E-state index contributed by atoms with van der Waals surface area (Å²) in [7, 11) is 0. The van der Waals surface area contributed by atoms with Gasteiger partial charge in [-0.3, -0.25) is 9.59 Å². The van der Waals surface area contributed by atoms with E-state index in [1.54, 1.807) is 42.2 Å². The van der Waals surface area contributed by atoms with Gasteiger partial charge in [-0.05, 0) is 54.3 Å². The van der Waals surface area contributed by atoms with Gasteiger partial charge < -0.3 is 15.0 Å². The highest BCUT2D eigenvalue weighted by molar-refractivity contribution is 7.10. The lowest BCUT2D eigenvalue weighted by atomic mass is 10.1. The normalized spacial score (nSPS) is 15.6. The highest BCUT2D eigenvalue weighted by Crippen LogP contribution is 2.37. The minimum Gasteiger partial charge on any atom is -0.479 e. The summed E-state index contributed by atoms with van der Waals surface area (Å²) in [5.74, 6) is -0.0835. The third kappa shape index (κ3) is 4.30. The van der Waals surface area contributed by atoms with Gasteiger partial charge in [0, 0.05) is 10.6 Å². The minimum atomic E-state index is -0.623. The molecular weight excluding hydrogens is 391 g/mol. The number of hydrogen-bond donors (Lipinski definition) is 1. The molecule has 2 amide bonds. The number of rotatable bonds is 5. The number of halogens is 1. The van der Waals surface area contributed by atoms with Crippen molar-refractivity contribution in [3.63, 3.8) is 0 Å². The predicted octanol–water partition coefficient (Wildman–Crippen LogP) is 4.38. The van der Waals surface area contributed by atoms with Crippen molar-refractivity contribution in [2.75, 3.05) is 10.2 Å². The van der Waals surface area contributed by atoms with E-state index in [1.807, 2.05) is 17.5 Å². The van der Waals surface area contributed by atoms with Crippen LogP contribution in [0.15, 0.2) is 60.0 Å². The van der Waals surface area contributed by atoms with Gasteiger partial charge in [-0.1, -0.05) is 18.2 Å². The molecule has 0 radical (unpaired) electrons. The molecule has 4 rings (SSSR count). The average Bonchev–Trinajstić information content (AvgIpc) is 3.20. The molecule has 1 aliphatic heterocycles. The smallest absolute Gasteiger partial charge is 0.268 e. The number of thiophene rings is 1. The van der Waals surface area contributed by atoms with E-state index < -0.39 is 6.10 Å².